The van der Waals surface area contributed by atoms with Crippen LogP contribution in [0.3, 0.4) is 0 Å². The minimum Gasteiger partial charge on any atom is -0.360 e. The van der Waals surface area contributed by atoms with Crippen molar-refractivity contribution < 1.29 is 4.92 Å². The second-order valence-electron chi connectivity index (χ2n) is 3.69. The number of nitro groups is 1. The molecule has 0 radical (unpaired) electrons. The first-order valence-corrected chi connectivity index (χ1v) is 6.94. The van der Waals surface area contributed by atoms with Crippen LogP contribution >= 0.6 is 31.9 Å². The topological polar surface area (TPSA) is 68.1 Å². The normalized spacial score (nSPS) is 10.2. The Bertz CT molecular complexity index is 620. The van der Waals surface area contributed by atoms with E-state index in [9.17, 15) is 10.1 Å². The van der Waals surface area contributed by atoms with Crippen LogP contribution in [0.5, 0.6) is 0 Å². The molecule has 2 rings (SSSR count). The number of hydrogen-bond acceptors (Lipinski definition) is 4. The van der Waals surface area contributed by atoms with Crippen LogP contribution in [0, 0.1) is 10.1 Å². The fraction of sp³-hybridized carbons (Fsp3) is 0.0833. The number of anilines is 1. The van der Waals surface area contributed by atoms with E-state index in [2.05, 4.69) is 42.2 Å². The average Bonchev–Trinajstić information content (AvgIpc) is 2.37. The highest BCUT2D eigenvalue weighted by molar-refractivity contribution is 9.10. The Morgan fingerprint density at radius 2 is 1.95 bits per heavy atom. The van der Waals surface area contributed by atoms with Crippen molar-refractivity contribution in [2.75, 3.05) is 5.32 Å². The molecule has 1 aromatic heterocycles. The molecule has 19 heavy (non-hydrogen) atoms. The maximum absolute atomic E-state index is 11.0. The SMILES string of the molecule is O=[N+]([O-])c1c(Br)ccnc1NCc1ccccc1Br. The summed E-state index contributed by atoms with van der Waals surface area (Å²) in [6.45, 7) is 0.450. The fourth-order valence-electron chi connectivity index (χ4n) is 1.55. The Kier molecular flexibility index (Phi) is 4.49. The molecule has 0 aliphatic carbocycles. The predicted molar refractivity (Wildman–Crippen MR) is 80.1 cm³/mol. The van der Waals surface area contributed by atoms with E-state index in [0.29, 0.717) is 11.0 Å². The summed E-state index contributed by atoms with van der Waals surface area (Å²) in [5.41, 5.74) is 0.938. The zero-order chi connectivity index (χ0) is 13.8. The smallest absolute Gasteiger partial charge is 0.325 e. The van der Waals surface area contributed by atoms with E-state index in [1.54, 1.807) is 6.07 Å². The number of nitrogens with zero attached hydrogens (tertiary/aromatic N) is 2. The molecule has 0 amide bonds. The second-order valence-corrected chi connectivity index (χ2v) is 5.40. The van der Waals surface area contributed by atoms with Gasteiger partial charge in [0.25, 0.3) is 0 Å². The van der Waals surface area contributed by atoms with Gasteiger partial charge in [-0.05, 0) is 33.6 Å². The molecular formula is C12H9Br2N3O2. The van der Waals surface area contributed by atoms with Crippen LogP contribution < -0.4 is 5.32 Å². The molecule has 7 heteroatoms. The average molecular weight is 387 g/mol. The van der Waals surface area contributed by atoms with Gasteiger partial charge in [-0.2, -0.15) is 0 Å². The van der Waals surface area contributed by atoms with Crippen LogP contribution in [0.2, 0.25) is 0 Å². The number of hydrogen-bond donors (Lipinski definition) is 1. The third-order valence-corrected chi connectivity index (χ3v) is 3.88. The molecule has 1 heterocycles. The largest absolute Gasteiger partial charge is 0.360 e. The van der Waals surface area contributed by atoms with Crippen LogP contribution in [-0.2, 0) is 6.54 Å². The summed E-state index contributed by atoms with van der Waals surface area (Å²) in [6, 6.07) is 9.21. The van der Waals surface area contributed by atoms with Crippen molar-refractivity contribution in [3.8, 4) is 0 Å². The minimum atomic E-state index is -0.459. The highest BCUT2D eigenvalue weighted by Crippen LogP contribution is 2.31. The highest BCUT2D eigenvalue weighted by atomic mass is 79.9. The van der Waals surface area contributed by atoms with E-state index in [0.717, 1.165) is 10.0 Å². The Morgan fingerprint density at radius 1 is 1.21 bits per heavy atom. The lowest BCUT2D eigenvalue weighted by molar-refractivity contribution is -0.385. The lowest BCUT2D eigenvalue weighted by atomic mass is 10.2. The molecule has 0 aliphatic heterocycles. The van der Waals surface area contributed by atoms with Gasteiger partial charge in [0.1, 0.15) is 4.47 Å². The molecule has 2 aromatic rings. The maximum Gasteiger partial charge on any atom is 0.325 e. The maximum atomic E-state index is 11.0. The highest BCUT2D eigenvalue weighted by Gasteiger charge is 2.19. The number of pyridine rings is 1. The summed E-state index contributed by atoms with van der Waals surface area (Å²) in [7, 11) is 0. The van der Waals surface area contributed by atoms with Crippen molar-refractivity contribution in [1.82, 2.24) is 4.98 Å². The Morgan fingerprint density at radius 3 is 2.63 bits per heavy atom. The lowest BCUT2D eigenvalue weighted by Gasteiger charge is -2.08. The van der Waals surface area contributed by atoms with Gasteiger partial charge in [0.2, 0.25) is 5.82 Å². The molecule has 0 saturated heterocycles. The van der Waals surface area contributed by atoms with Crippen LogP contribution in [0.4, 0.5) is 11.5 Å². The number of halogens is 2. The summed E-state index contributed by atoms with van der Waals surface area (Å²) in [6.07, 6.45) is 1.51. The molecule has 0 bridgehead atoms. The van der Waals surface area contributed by atoms with E-state index >= 15 is 0 Å². The first kappa shape index (κ1) is 14.0. The first-order valence-electron chi connectivity index (χ1n) is 5.35. The van der Waals surface area contributed by atoms with Crippen molar-refractivity contribution in [3.05, 3.63) is 61.2 Å². The summed E-state index contributed by atoms with van der Waals surface area (Å²) >= 11 is 6.59. The fourth-order valence-corrected chi connectivity index (χ4v) is 2.43. The molecule has 0 aliphatic rings. The van der Waals surface area contributed by atoms with Crippen LogP contribution in [0.1, 0.15) is 5.56 Å². The third-order valence-electron chi connectivity index (χ3n) is 2.46. The summed E-state index contributed by atoms with van der Waals surface area (Å²) < 4.78 is 1.35. The number of nitrogens with one attached hydrogen (secondary N) is 1. The Hall–Kier alpha value is -1.47. The van der Waals surface area contributed by atoms with Gasteiger partial charge in [0.05, 0.1) is 4.92 Å². The van der Waals surface area contributed by atoms with Gasteiger partial charge in [-0.25, -0.2) is 4.98 Å². The van der Waals surface area contributed by atoms with Gasteiger partial charge in [-0.1, -0.05) is 34.1 Å². The van der Waals surface area contributed by atoms with Crippen LogP contribution in [0.25, 0.3) is 0 Å². The van der Waals surface area contributed by atoms with Crippen molar-refractivity contribution in [2.45, 2.75) is 6.54 Å². The molecule has 0 saturated carbocycles. The monoisotopic (exact) mass is 385 g/mol. The van der Waals surface area contributed by atoms with Crippen molar-refractivity contribution in [1.29, 1.82) is 0 Å². The number of benzene rings is 1. The zero-order valence-corrected chi connectivity index (χ0v) is 12.8. The molecular weight excluding hydrogens is 378 g/mol. The van der Waals surface area contributed by atoms with E-state index < -0.39 is 4.92 Å². The Labute approximate surface area is 126 Å². The van der Waals surface area contributed by atoms with E-state index in [1.165, 1.54) is 6.20 Å². The number of rotatable bonds is 4. The first-order chi connectivity index (χ1) is 9.09. The molecule has 98 valence electrons. The van der Waals surface area contributed by atoms with Gasteiger partial charge >= 0.3 is 5.69 Å². The van der Waals surface area contributed by atoms with Crippen LogP contribution in [0.15, 0.2) is 45.5 Å². The lowest BCUT2D eigenvalue weighted by Crippen LogP contribution is -2.05. The standard InChI is InChI=1S/C12H9Br2N3O2/c13-9-4-2-1-3-8(9)7-16-12-11(17(18)19)10(14)5-6-15-12/h1-6H,7H2,(H,15,16). The number of aromatic nitrogens is 1. The van der Waals surface area contributed by atoms with Gasteiger partial charge in [0, 0.05) is 17.2 Å². The van der Waals surface area contributed by atoms with E-state index in [1.807, 2.05) is 24.3 Å². The quantitative estimate of drug-likeness (QED) is 0.633. The summed E-state index contributed by atoms with van der Waals surface area (Å²) in [5.74, 6) is 0.245. The molecule has 0 fully saturated rings. The van der Waals surface area contributed by atoms with Crippen molar-refractivity contribution in [3.63, 3.8) is 0 Å². The molecule has 1 aromatic carbocycles. The zero-order valence-electron chi connectivity index (χ0n) is 9.64. The van der Waals surface area contributed by atoms with Crippen LogP contribution in [-0.4, -0.2) is 9.91 Å². The Balaban J connectivity index is 2.23. The van der Waals surface area contributed by atoms with Crippen molar-refractivity contribution >= 4 is 43.4 Å². The van der Waals surface area contributed by atoms with Gasteiger partial charge in [0.15, 0.2) is 0 Å². The molecule has 0 spiro atoms. The molecule has 0 unspecified atom stereocenters. The summed E-state index contributed by atoms with van der Waals surface area (Å²) in [4.78, 5) is 14.6. The van der Waals surface area contributed by atoms with E-state index in [4.69, 9.17) is 0 Å². The van der Waals surface area contributed by atoms with E-state index in [-0.39, 0.29) is 11.5 Å². The molecule has 0 atom stereocenters. The second kappa shape index (κ2) is 6.12. The third kappa shape index (κ3) is 3.30. The summed E-state index contributed by atoms with van der Waals surface area (Å²) in [5, 5.41) is 14.0. The van der Waals surface area contributed by atoms with Gasteiger partial charge < -0.3 is 5.32 Å². The van der Waals surface area contributed by atoms with Gasteiger partial charge in [-0.3, -0.25) is 10.1 Å². The minimum absolute atomic E-state index is 0.0606. The van der Waals surface area contributed by atoms with Crippen molar-refractivity contribution in [2.24, 2.45) is 0 Å². The predicted octanol–water partition coefficient (Wildman–Crippen LogP) is 4.13. The van der Waals surface area contributed by atoms with Gasteiger partial charge in [-0.15, -0.1) is 0 Å². The molecule has 1 N–H and O–H groups in total. The molecule has 5 nitrogen and oxygen atoms in total.